The maximum atomic E-state index is 10.8. The predicted octanol–water partition coefficient (Wildman–Crippen LogP) is 7.47. The lowest BCUT2D eigenvalue weighted by atomic mass is 9.42. The van der Waals surface area contributed by atoms with Crippen LogP contribution in [0.3, 0.4) is 0 Å². The molecule has 2 nitrogen and oxygen atoms in total. The second-order valence-electron chi connectivity index (χ2n) is 14.0. The van der Waals surface area contributed by atoms with Gasteiger partial charge in [-0.3, -0.25) is 0 Å². The molecule has 0 amide bonds. The largest absolute Gasteiger partial charge is 0.390 e. The molecule has 0 aromatic carbocycles. The fourth-order valence-corrected chi connectivity index (χ4v) is 9.63. The zero-order valence-corrected chi connectivity index (χ0v) is 21.0. The summed E-state index contributed by atoms with van der Waals surface area (Å²) in [5.74, 6) is 5.67. The number of hydrogen-bond donors (Lipinski definition) is 2. The Balaban J connectivity index is 0.00000272. The Bertz CT molecular complexity index is 633. The highest BCUT2D eigenvalue weighted by Gasteiger charge is 2.62. The van der Waals surface area contributed by atoms with Crippen LogP contribution in [0.2, 0.25) is 0 Å². The van der Waals surface area contributed by atoms with E-state index in [4.69, 9.17) is 0 Å². The van der Waals surface area contributed by atoms with E-state index in [2.05, 4.69) is 34.6 Å². The first-order valence-electron chi connectivity index (χ1n) is 13.2. The van der Waals surface area contributed by atoms with Gasteiger partial charge in [-0.15, -0.1) is 0 Å². The van der Waals surface area contributed by atoms with Crippen molar-refractivity contribution in [3.05, 3.63) is 0 Å². The highest BCUT2D eigenvalue weighted by atomic mass is 16.3. The highest BCUT2D eigenvalue weighted by Crippen LogP contribution is 2.69. The normalized spacial score (nSPS) is 50.6. The Labute approximate surface area is 194 Å². The third kappa shape index (κ3) is 4.39. The molecule has 0 aromatic heterocycles. The number of hydrogen-bond acceptors (Lipinski definition) is 2. The van der Waals surface area contributed by atoms with Crippen LogP contribution in [-0.2, 0) is 0 Å². The minimum absolute atomic E-state index is 0. The van der Waals surface area contributed by atoms with Gasteiger partial charge < -0.3 is 10.2 Å². The standard InChI is InChI=1S/C28H50O2.CH4/c1-18(10-12-25(3,4)29)21-8-9-22-20-16-19(2)24-17-26(5,30)14-15-28(24,7)23(20)11-13-27(21,22)6;/h18-24,29-30H,8-17H2,1-7H3;1H4/t18-,19-,20+,21-,22+,23+,24-,26+,27-,28-;/m1./s1. The van der Waals surface area contributed by atoms with Gasteiger partial charge in [-0.05, 0) is 137 Å². The van der Waals surface area contributed by atoms with E-state index in [9.17, 15) is 10.2 Å². The van der Waals surface area contributed by atoms with Gasteiger partial charge in [-0.1, -0.05) is 35.1 Å². The molecule has 0 saturated heterocycles. The van der Waals surface area contributed by atoms with Crippen molar-refractivity contribution < 1.29 is 10.2 Å². The Morgan fingerprint density at radius 1 is 0.935 bits per heavy atom. The second-order valence-corrected chi connectivity index (χ2v) is 14.0. The molecule has 0 heterocycles. The molecule has 31 heavy (non-hydrogen) atoms. The highest BCUT2D eigenvalue weighted by molar-refractivity contribution is 5.11. The van der Waals surface area contributed by atoms with Gasteiger partial charge in [0, 0.05) is 0 Å². The van der Waals surface area contributed by atoms with Crippen LogP contribution in [0.5, 0.6) is 0 Å². The summed E-state index contributed by atoms with van der Waals surface area (Å²) in [6, 6.07) is 0. The van der Waals surface area contributed by atoms with Gasteiger partial charge in [0.05, 0.1) is 11.2 Å². The molecule has 10 atom stereocenters. The molecule has 0 aromatic rings. The third-order valence-electron chi connectivity index (χ3n) is 11.3. The molecule has 0 aliphatic heterocycles. The van der Waals surface area contributed by atoms with Crippen molar-refractivity contribution in [1.82, 2.24) is 0 Å². The smallest absolute Gasteiger partial charge is 0.0623 e. The molecule has 0 radical (unpaired) electrons. The van der Waals surface area contributed by atoms with E-state index >= 15 is 0 Å². The second kappa shape index (κ2) is 8.30. The number of rotatable bonds is 4. The van der Waals surface area contributed by atoms with Crippen molar-refractivity contribution in [2.75, 3.05) is 0 Å². The van der Waals surface area contributed by atoms with Crippen LogP contribution in [0.15, 0.2) is 0 Å². The molecule has 2 heteroatoms. The maximum absolute atomic E-state index is 10.8. The molecular formula is C29H54O2. The molecule has 0 bridgehead atoms. The quantitative estimate of drug-likeness (QED) is 0.482. The molecular weight excluding hydrogens is 380 g/mol. The zero-order valence-electron chi connectivity index (χ0n) is 21.0. The van der Waals surface area contributed by atoms with Crippen molar-refractivity contribution >= 4 is 0 Å². The summed E-state index contributed by atoms with van der Waals surface area (Å²) in [5.41, 5.74) is -0.0297. The Kier molecular flexibility index (Phi) is 6.84. The summed E-state index contributed by atoms with van der Waals surface area (Å²) in [7, 11) is 0. The van der Waals surface area contributed by atoms with Gasteiger partial charge in [0.25, 0.3) is 0 Å². The molecule has 4 saturated carbocycles. The summed E-state index contributed by atoms with van der Waals surface area (Å²) < 4.78 is 0. The Hall–Kier alpha value is -0.0800. The van der Waals surface area contributed by atoms with Crippen LogP contribution >= 0.6 is 0 Å². The first kappa shape index (κ1) is 25.5. The molecule has 0 spiro atoms. The fourth-order valence-electron chi connectivity index (χ4n) is 9.63. The van der Waals surface area contributed by atoms with E-state index in [-0.39, 0.29) is 7.43 Å². The summed E-state index contributed by atoms with van der Waals surface area (Å²) in [6.07, 6.45) is 12.4. The zero-order chi connectivity index (χ0) is 22.1. The molecule has 4 rings (SSSR count). The Morgan fingerprint density at radius 2 is 1.58 bits per heavy atom. The lowest BCUT2D eigenvalue weighted by Gasteiger charge is -2.64. The van der Waals surface area contributed by atoms with Crippen molar-refractivity contribution in [3.63, 3.8) is 0 Å². The Morgan fingerprint density at radius 3 is 2.23 bits per heavy atom. The van der Waals surface area contributed by atoms with E-state index in [1.54, 1.807) is 0 Å². The summed E-state index contributed by atoms with van der Waals surface area (Å²) in [6.45, 7) is 16.3. The van der Waals surface area contributed by atoms with Crippen LogP contribution in [-0.4, -0.2) is 21.4 Å². The summed E-state index contributed by atoms with van der Waals surface area (Å²) >= 11 is 0. The van der Waals surface area contributed by atoms with Crippen LogP contribution < -0.4 is 0 Å². The SMILES string of the molecule is C.C[C@@H]1C[C@@H]2[C@H](CC[C@]3(C)[C@@H]([C@H](C)CCC(C)(C)O)CC[C@@H]23)[C@@]2(C)CC[C@](C)(O)C[C@H]12. The molecule has 0 unspecified atom stereocenters. The average molecular weight is 435 g/mol. The third-order valence-corrected chi connectivity index (χ3v) is 11.3. The van der Waals surface area contributed by atoms with Crippen molar-refractivity contribution in [2.24, 2.45) is 52.3 Å². The van der Waals surface area contributed by atoms with Crippen LogP contribution in [0.25, 0.3) is 0 Å². The summed E-state index contributed by atoms with van der Waals surface area (Å²) in [5, 5.41) is 21.1. The minimum atomic E-state index is -0.532. The van der Waals surface area contributed by atoms with Crippen LogP contribution in [0.4, 0.5) is 0 Å². The van der Waals surface area contributed by atoms with E-state index in [1.165, 1.54) is 38.5 Å². The lowest BCUT2D eigenvalue weighted by molar-refractivity contribution is -0.166. The molecule has 2 N–H and O–H groups in total. The van der Waals surface area contributed by atoms with Gasteiger partial charge >= 0.3 is 0 Å². The minimum Gasteiger partial charge on any atom is -0.390 e. The van der Waals surface area contributed by atoms with Crippen molar-refractivity contribution in [3.8, 4) is 0 Å². The lowest BCUT2D eigenvalue weighted by Crippen LogP contribution is -2.57. The number of aliphatic hydroxyl groups is 2. The molecule has 4 fully saturated rings. The van der Waals surface area contributed by atoms with Crippen LogP contribution in [0, 0.1) is 52.3 Å². The monoisotopic (exact) mass is 434 g/mol. The van der Waals surface area contributed by atoms with Crippen molar-refractivity contribution in [2.45, 2.75) is 131 Å². The average Bonchev–Trinajstić information content (AvgIpc) is 2.98. The van der Waals surface area contributed by atoms with Crippen LogP contribution in [0.1, 0.15) is 120 Å². The first-order chi connectivity index (χ1) is 13.8. The number of fused-ring (bicyclic) bond motifs is 5. The predicted molar refractivity (Wildman–Crippen MR) is 132 cm³/mol. The molecule has 182 valence electrons. The van der Waals surface area contributed by atoms with Gasteiger partial charge in [0.15, 0.2) is 0 Å². The van der Waals surface area contributed by atoms with E-state index < -0.39 is 11.2 Å². The maximum Gasteiger partial charge on any atom is 0.0623 e. The van der Waals surface area contributed by atoms with Gasteiger partial charge in [-0.25, -0.2) is 0 Å². The molecule has 4 aliphatic carbocycles. The topological polar surface area (TPSA) is 40.5 Å². The van der Waals surface area contributed by atoms with Crippen molar-refractivity contribution in [1.29, 1.82) is 0 Å². The van der Waals surface area contributed by atoms with Gasteiger partial charge in [-0.2, -0.15) is 0 Å². The first-order valence-corrected chi connectivity index (χ1v) is 13.2. The van der Waals surface area contributed by atoms with Gasteiger partial charge in [0.1, 0.15) is 0 Å². The fraction of sp³-hybridized carbons (Fsp3) is 1.00. The van der Waals surface area contributed by atoms with E-state index in [0.29, 0.717) is 16.7 Å². The van der Waals surface area contributed by atoms with Gasteiger partial charge in [0.2, 0.25) is 0 Å². The van der Waals surface area contributed by atoms with E-state index in [0.717, 1.165) is 61.2 Å². The summed E-state index contributed by atoms with van der Waals surface area (Å²) in [4.78, 5) is 0. The molecule has 4 aliphatic rings. The van der Waals surface area contributed by atoms with E-state index in [1.807, 2.05) is 13.8 Å².